The van der Waals surface area contributed by atoms with Crippen LogP contribution in [0.5, 0.6) is 0 Å². The molecule has 6 nitrogen and oxygen atoms in total. The number of nitrogens with zero attached hydrogens (tertiary/aromatic N) is 1. The molecule has 0 radical (unpaired) electrons. The molecule has 1 fully saturated rings. The number of hydrogen-bond donors (Lipinski definition) is 1. The summed E-state index contributed by atoms with van der Waals surface area (Å²) in [6.45, 7) is 1.23. The van der Waals surface area contributed by atoms with Crippen LogP contribution in [-0.4, -0.2) is 44.5 Å². The molecule has 0 aliphatic carbocycles. The summed E-state index contributed by atoms with van der Waals surface area (Å²) in [5.41, 5.74) is 7.21. The standard InChI is InChI=1S/C20H22N2O4S/c1-27(25,26)18-7-3-6-17(12-18)20(24)22-9-8-15(13-22)10-14-4-2-5-16(11-14)19(21)23/h2-7,11-12,15H,8-10,13H2,1H3,(H2,21,23)/t15-/m1/s1. The molecule has 1 saturated heterocycles. The summed E-state index contributed by atoms with van der Waals surface area (Å²) in [5.74, 6) is -0.324. The van der Waals surface area contributed by atoms with Gasteiger partial charge in [0.2, 0.25) is 5.91 Å². The average Bonchev–Trinajstić information content (AvgIpc) is 3.09. The van der Waals surface area contributed by atoms with E-state index >= 15 is 0 Å². The minimum Gasteiger partial charge on any atom is -0.366 e. The lowest BCUT2D eigenvalue weighted by atomic mass is 9.97. The number of rotatable bonds is 5. The van der Waals surface area contributed by atoms with Crippen molar-refractivity contribution >= 4 is 21.7 Å². The Morgan fingerprint density at radius 2 is 1.81 bits per heavy atom. The minimum absolute atomic E-state index is 0.146. The molecule has 1 aliphatic rings. The molecule has 0 bridgehead atoms. The molecule has 142 valence electrons. The van der Waals surface area contributed by atoms with Crippen molar-refractivity contribution in [2.75, 3.05) is 19.3 Å². The molecule has 1 atom stereocenters. The van der Waals surface area contributed by atoms with Crippen molar-refractivity contribution in [2.24, 2.45) is 11.7 Å². The summed E-state index contributed by atoms with van der Waals surface area (Å²) in [4.78, 5) is 26.0. The smallest absolute Gasteiger partial charge is 0.253 e. The van der Waals surface area contributed by atoms with Crippen molar-refractivity contribution < 1.29 is 18.0 Å². The second kappa shape index (κ2) is 7.52. The molecular formula is C20H22N2O4S. The predicted molar refractivity (Wildman–Crippen MR) is 102 cm³/mol. The number of carbonyl (C=O) groups excluding carboxylic acids is 2. The molecule has 2 aromatic carbocycles. The lowest BCUT2D eigenvalue weighted by Gasteiger charge is -2.17. The Bertz CT molecular complexity index is 985. The van der Waals surface area contributed by atoms with E-state index < -0.39 is 15.7 Å². The minimum atomic E-state index is -3.35. The third-order valence-electron chi connectivity index (χ3n) is 4.82. The summed E-state index contributed by atoms with van der Waals surface area (Å²) in [6.07, 6.45) is 2.75. The number of likely N-dealkylation sites (tertiary alicyclic amines) is 1. The first-order valence-corrected chi connectivity index (χ1v) is 10.6. The number of benzene rings is 2. The molecule has 2 N–H and O–H groups in total. The Hall–Kier alpha value is -2.67. The summed E-state index contributed by atoms with van der Waals surface area (Å²) in [6, 6.07) is 13.4. The van der Waals surface area contributed by atoms with Crippen molar-refractivity contribution in [3.63, 3.8) is 0 Å². The second-order valence-corrected chi connectivity index (χ2v) is 8.99. The maximum Gasteiger partial charge on any atom is 0.253 e. The van der Waals surface area contributed by atoms with E-state index in [9.17, 15) is 18.0 Å². The summed E-state index contributed by atoms with van der Waals surface area (Å²) < 4.78 is 23.4. The fraction of sp³-hybridized carbons (Fsp3) is 0.300. The lowest BCUT2D eigenvalue weighted by Crippen LogP contribution is -2.29. The van der Waals surface area contributed by atoms with Gasteiger partial charge in [0.1, 0.15) is 0 Å². The Labute approximate surface area is 158 Å². The molecule has 1 aliphatic heterocycles. The van der Waals surface area contributed by atoms with Crippen LogP contribution in [-0.2, 0) is 16.3 Å². The van der Waals surface area contributed by atoms with E-state index in [1.54, 1.807) is 29.2 Å². The van der Waals surface area contributed by atoms with Gasteiger partial charge < -0.3 is 10.6 Å². The van der Waals surface area contributed by atoms with Crippen LogP contribution >= 0.6 is 0 Å². The topological polar surface area (TPSA) is 97.5 Å². The number of nitrogens with two attached hydrogens (primary N) is 1. The van der Waals surface area contributed by atoms with Gasteiger partial charge in [-0.3, -0.25) is 9.59 Å². The molecule has 0 aromatic heterocycles. The van der Waals surface area contributed by atoms with Gasteiger partial charge >= 0.3 is 0 Å². The number of carbonyl (C=O) groups is 2. The van der Waals surface area contributed by atoms with E-state index in [-0.39, 0.29) is 16.7 Å². The Morgan fingerprint density at radius 3 is 2.52 bits per heavy atom. The highest BCUT2D eigenvalue weighted by Crippen LogP contribution is 2.23. The highest BCUT2D eigenvalue weighted by atomic mass is 32.2. The lowest BCUT2D eigenvalue weighted by molar-refractivity contribution is 0.0786. The fourth-order valence-corrected chi connectivity index (χ4v) is 4.08. The van der Waals surface area contributed by atoms with Gasteiger partial charge in [-0.1, -0.05) is 18.2 Å². The molecule has 0 unspecified atom stereocenters. The average molecular weight is 386 g/mol. The van der Waals surface area contributed by atoms with Crippen LogP contribution < -0.4 is 5.73 Å². The van der Waals surface area contributed by atoms with E-state index in [1.807, 2.05) is 12.1 Å². The van der Waals surface area contributed by atoms with Gasteiger partial charge in [0.15, 0.2) is 9.84 Å². The zero-order chi connectivity index (χ0) is 19.6. The fourth-order valence-electron chi connectivity index (χ4n) is 3.41. The normalized spacial score (nSPS) is 17.1. The van der Waals surface area contributed by atoms with Gasteiger partial charge in [-0.25, -0.2) is 8.42 Å². The second-order valence-electron chi connectivity index (χ2n) is 6.97. The maximum absolute atomic E-state index is 12.7. The van der Waals surface area contributed by atoms with Crippen molar-refractivity contribution in [1.29, 1.82) is 0 Å². The van der Waals surface area contributed by atoms with Crippen LogP contribution in [0.2, 0.25) is 0 Å². The molecule has 2 aromatic rings. The van der Waals surface area contributed by atoms with Crippen molar-refractivity contribution in [3.05, 3.63) is 65.2 Å². The highest BCUT2D eigenvalue weighted by Gasteiger charge is 2.27. The van der Waals surface area contributed by atoms with Crippen LogP contribution in [0.1, 0.15) is 32.7 Å². The van der Waals surface area contributed by atoms with Crippen LogP contribution in [0.15, 0.2) is 53.4 Å². The summed E-state index contributed by atoms with van der Waals surface area (Å²) in [5, 5.41) is 0. The van der Waals surface area contributed by atoms with Gasteiger partial charge in [0.05, 0.1) is 4.90 Å². The first kappa shape index (κ1) is 19.1. The van der Waals surface area contributed by atoms with E-state index in [2.05, 4.69) is 0 Å². The quantitative estimate of drug-likeness (QED) is 0.848. The predicted octanol–water partition coefficient (Wildman–Crippen LogP) is 1.89. The first-order chi connectivity index (χ1) is 12.7. The molecule has 3 rings (SSSR count). The number of amides is 2. The van der Waals surface area contributed by atoms with Gasteiger partial charge in [0.25, 0.3) is 5.91 Å². The molecule has 27 heavy (non-hydrogen) atoms. The van der Waals surface area contributed by atoms with Crippen LogP contribution in [0.3, 0.4) is 0 Å². The number of hydrogen-bond acceptors (Lipinski definition) is 4. The van der Waals surface area contributed by atoms with Gasteiger partial charge in [-0.15, -0.1) is 0 Å². The summed E-state index contributed by atoms with van der Waals surface area (Å²) in [7, 11) is -3.35. The molecule has 1 heterocycles. The highest BCUT2D eigenvalue weighted by molar-refractivity contribution is 7.90. The van der Waals surface area contributed by atoms with Gasteiger partial charge in [0, 0.05) is 30.5 Å². The van der Waals surface area contributed by atoms with Gasteiger partial charge in [-0.05, 0) is 54.7 Å². The van der Waals surface area contributed by atoms with E-state index in [0.717, 1.165) is 24.7 Å². The first-order valence-electron chi connectivity index (χ1n) is 8.72. The van der Waals surface area contributed by atoms with Crippen LogP contribution in [0.25, 0.3) is 0 Å². The molecular weight excluding hydrogens is 364 g/mol. The van der Waals surface area contributed by atoms with Gasteiger partial charge in [-0.2, -0.15) is 0 Å². The SMILES string of the molecule is CS(=O)(=O)c1cccc(C(=O)N2CC[C@H](Cc3cccc(C(N)=O)c3)C2)c1. The molecule has 0 spiro atoms. The number of primary amides is 1. The van der Waals surface area contributed by atoms with Crippen molar-refractivity contribution in [3.8, 4) is 0 Å². The Kier molecular flexibility index (Phi) is 5.32. The zero-order valence-electron chi connectivity index (χ0n) is 15.1. The van der Waals surface area contributed by atoms with Crippen molar-refractivity contribution in [1.82, 2.24) is 4.90 Å². The third kappa shape index (κ3) is 4.54. The van der Waals surface area contributed by atoms with E-state index in [4.69, 9.17) is 5.73 Å². The van der Waals surface area contributed by atoms with Crippen molar-refractivity contribution in [2.45, 2.75) is 17.7 Å². The van der Waals surface area contributed by atoms with E-state index in [0.29, 0.717) is 24.2 Å². The monoisotopic (exact) mass is 386 g/mol. The molecule has 0 saturated carbocycles. The Morgan fingerprint density at radius 1 is 1.11 bits per heavy atom. The van der Waals surface area contributed by atoms with Crippen LogP contribution in [0.4, 0.5) is 0 Å². The molecule has 7 heteroatoms. The van der Waals surface area contributed by atoms with Crippen LogP contribution in [0, 0.1) is 5.92 Å². The summed E-state index contributed by atoms with van der Waals surface area (Å²) >= 11 is 0. The Balaban J connectivity index is 1.68. The number of sulfone groups is 1. The maximum atomic E-state index is 12.7. The largest absolute Gasteiger partial charge is 0.366 e. The zero-order valence-corrected chi connectivity index (χ0v) is 15.9. The third-order valence-corrected chi connectivity index (χ3v) is 5.93. The molecule has 2 amide bonds. The van der Waals surface area contributed by atoms with E-state index in [1.165, 1.54) is 12.1 Å².